The topological polar surface area (TPSA) is 62.6 Å². The van der Waals surface area contributed by atoms with Crippen LogP contribution in [0.1, 0.15) is 49.1 Å². The Morgan fingerprint density at radius 3 is 2.96 bits per heavy atom. The molecule has 2 aliphatic heterocycles. The van der Waals surface area contributed by atoms with Gasteiger partial charge in [-0.25, -0.2) is 0 Å². The third-order valence-corrected chi connectivity index (χ3v) is 5.57. The molecule has 3 rings (SSSR count). The number of piperazine rings is 1. The Morgan fingerprint density at radius 2 is 2.26 bits per heavy atom. The zero-order chi connectivity index (χ0) is 18.4. The number of carbonyl (C=O) groups excluding carboxylic acids is 1. The summed E-state index contributed by atoms with van der Waals surface area (Å²) < 4.78 is 7.20. The molecule has 0 aromatic carbocycles. The van der Waals surface area contributed by atoms with Crippen LogP contribution in [0.25, 0.3) is 0 Å². The van der Waals surface area contributed by atoms with Crippen LogP contribution < -0.4 is 5.32 Å². The molecule has 0 radical (unpaired) electrons. The molecule has 0 saturated carbocycles. The third-order valence-electron chi connectivity index (χ3n) is 5.57. The maximum absolute atomic E-state index is 13.0. The molecule has 2 aliphatic rings. The molecule has 1 aromatic heterocycles. The average molecular weight is 400 g/mol. The van der Waals surface area contributed by atoms with Gasteiger partial charge in [-0.2, -0.15) is 5.10 Å². The molecular formula is C19H34ClN5O2. The van der Waals surface area contributed by atoms with E-state index in [1.807, 2.05) is 21.8 Å². The minimum atomic E-state index is 0. The fraction of sp³-hybridized carbons (Fsp3) is 0.789. The highest BCUT2D eigenvalue weighted by molar-refractivity contribution is 5.92. The number of halogens is 1. The first-order valence-corrected chi connectivity index (χ1v) is 10.0. The summed E-state index contributed by atoms with van der Waals surface area (Å²) in [6, 6.07) is 2.66. The van der Waals surface area contributed by atoms with Crippen LogP contribution in [-0.2, 0) is 4.74 Å². The first kappa shape index (κ1) is 22.1. The Balaban J connectivity index is 0.00000261. The molecule has 1 N–H and O–H groups in total. The molecular weight excluding hydrogens is 366 g/mol. The second kappa shape index (κ2) is 11.0. The molecule has 27 heavy (non-hydrogen) atoms. The predicted molar refractivity (Wildman–Crippen MR) is 109 cm³/mol. The molecule has 0 bridgehead atoms. The van der Waals surface area contributed by atoms with E-state index in [1.165, 1.54) is 0 Å². The van der Waals surface area contributed by atoms with E-state index in [4.69, 9.17) is 4.74 Å². The van der Waals surface area contributed by atoms with Crippen molar-refractivity contribution in [2.75, 3.05) is 53.0 Å². The van der Waals surface area contributed by atoms with E-state index in [2.05, 4.69) is 22.2 Å². The molecule has 8 heteroatoms. The van der Waals surface area contributed by atoms with Crippen molar-refractivity contribution in [1.29, 1.82) is 0 Å². The Hall–Kier alpha value is -1.15. The Kier molecular flexibility index (Phi) is 9.02. The van der Waals surface area contributed by atoms with E-state index in [1.54, 1.807) is 7.11 Å². The molecule has 1 amide bonds. The molecule has 1 aromatic rings. The lowest BCUT2D eigenvalue weighted by molar-refractivity contribution is 0.0366. The smallest absolute Gasteiger partial charge is 0.274 e. The van der Waals surface area contributed by atoms with Crippen molar-refractivity contribution in [2.45, 2.75) is 44.7 Å². The van der Waals surface area contributed by atoms with Crippen LogP contribution in [0.4, 0.5) is 0 Å². The molecule has 2 atom stereocenters. The number of nitrogens with zero attached hydrogens (tertiary/aromatic N) is 4. The van der Waals surface area contributed by atoms with Crippen molar-refractivity contribution < 1.29 is 9.53 Å². The van der Waals surface area contributed by atoms with E-state index < -0.39 is 0 Å². The second-order valence-corrected chi connectivity index (χ2v) is 7.40. The standard InChI is InChI=1S/C19H33N5O2.ClH/c1-3-5-17-15-23(11-10-22(17)12-13-26-2)19(25)18-7-9-24(21-18)16-6-4-8-20-14-16;/h7,9,16-17,20H,3-6,8,10-15H2,1-2H3;1H. The maximum atomic E-state index is 13.0. The molecule has 2 unspecified atom stereocenters. The summed E-state index contributed by atoms with van der Waals surface area (Å²) in [7, 11) is 1.74. The number of hydrogen-bond donors (Lipinski definition) is 1. The predicted octanol–water partition coefficient (Wildman–Crippen LogP) is 1.80. The average Bonchev–Trinajstić information content (AvgIpc) is 3.17. The summed E-state index contributed by atoms with van der Waals surface area (Å²) in [6.07, 6.45) is 6.48. The highest BCUT2D eigenvalue weighted by Gasteiger charge is 2.30. The second-order valence-electron chi connectivity index (χ2n) is 7.40. The fourth-order valence-electron chi connectivity index (χ4n) is 4.06. The molecule has 2 saturated heterocycles. The van der Waals surface area contributed by atoms with E-state index >= 15 is 0 Å². The van der Waals surface area contributed by atoms with Gasteiger partial charge in [-0.05, 0) is 31.9 Å². The van der Waals surface area contributed by atoms with Crippen molar-refractivity contribution in [3.63, 3.8) is 0 Å². The summed E-state index contributed by atoms with van der Waals surface area (Å²) in [6.45, 7) is 8.36. The molecule has 0 aliphatic carbocycles. The van der Waals surface area contributed by atoms with Crippen LogP contribution in [0.5, 0.6) is 0 Å². The Labute approximate surface area is 168 Å². The van der Waals surface area contributed by atoms with Gasteiger partial charge in [-0.3, -0.25) is 14.4 Å². The van der Waals surface area contributed by atoms with Crippen molar-refractivity contribution in [2.24, 2.45) is 0 Å². The third kappa shape index (κ3) is 5.67. The number of aromatic nitrogens is 2. The number of piperidine rings is 1. The van der Waals surface area contributed by atoms with Gasteiger partial charge in [0.25, 0.3) is 5.91 Å². The molecule has 3 heterocycles. The number of rotatable bonds is 7. The minimum Gasteiger partial charge on any atom is -0.383 e. The highest BCUT2D eigenvalue weighted by Crippen LogP contribution is 2.19. The van der Waals surface area contributed by atoms with Crippen LogP contribution in [0, 0.1) is 0 Å². The minimum absolute atomic E-state index is 0. The van der Waals surface area contributed by atoms with Crippen LogP contribution >= 0.6 is 12.4 Å². The number of carbonyl (C=O) groups is 1. The van der Waals surface area contributed by atoms with Crippen molar-refractivity contribution in [3.8, 4) is 0 Å². The zero-order valence-corrected chi connectivity index (χ0v) is 17.4. The van der Waals surface area contributed by atoms with Crippen LogP contribution in [0.3, 0.4) is 0 Å². The van der Waals surface area contributed by atoms with Crippen LogP contribution in [0.2, 0.25) is 0 Å². The first-order valence-electron chi connectivity index (χ1n) is 10.0. The molecule has 0 spiro atoms. The Bertz CT molecular complexity index is 576. The maximum Gasteiger partial charge on any atom is 0.274 e. The first-order chi connectivity index (χ1) is 12.7. The summed E-state index contributed by atoms with van der Waals surface area (Å²) in [5, 5.41) is 8.01. The highest BCUT2D eigenvalue weighted by atomic mass is 35.5. The largest absolute Gasteiger partial charge is 0.383 e. The van der Waals surface area contributed by atoms with Crippen LogP contribution in [-0.4, -0.2) is 84.5 Å². The lowest BCUT2D eigenvalue weighted by Gasteiger charge is -2.41. The van der Waals surface area contributed by atoms with Gasteiger partial charge in [-0.15, -0.1) is 12.4 Å². The summed E-state index contributed by atoms with van der Waals surface area (Å²) in [5.74, 6) is 0.0695. The van der Waals surface area contributed by atoms with Gasteiger partial charge >= 0.3 is 0 Å². The van der Waals surface area contributed by atoms with E-state index in [0.29, 0.717) is 17.8 Å². The van der Waals surface area contributed by atoms with Gasteiger partial charge in [0.1, 0.15) is 5.69 Å². The molecule has 2 fully saturated rings. The molecule has 154 valence electrons. The summed E-state index contributed by atoms with van der Waals surface area (Å²) >= 11 is 0. The van der Waals surface area contributed by atoms with Gasteiger partial charge in [0.15, 0.2) is 0 Å². The number of hydrogen-bond acceptors (Lipinski definition) is 5. The van der Waals surface area contributed by atoms with Gasteiger partial charge in [0.2, 0.25) is 0 Å². The lowest BCUT2D eigenvalue weighted by atomic mass is 10.1. The van der Waals surface area contributed by atoms with Crippen molar-refractivity contribution >= 4 is 18.3 Å². The lowest BCUT2D eigenvalue weighted by Crippen LogP contribution is -2.55. The molecule has 7 nitrogen and oxygen atoms in total. The monoisotopic (exact) mass is 399 g/mol. The zero-order valence-electron chi connectivity index (χ0n) is 16.6. The van der Waals surface area contributed by atoms with Gasteiger partial charge in [-0.1, -0.05) is 13.3 Å². The van der Waals surface area contributed by atoms with Crippen LogP contribution in [0.15, 0.2) is 12.3 Å². The number of nitrogens with one attached hydrogen (secondary N) is 1. The number of ether oxygens (including phenoxy) is 1. The van der Waals surface area contributed by atoms with E-state index in [9.17, 15) is 4.79 Å². The Morgan fingerprint density at radius 1 is 1.41 bits per heavy atom. The normalized spacial score (nSPS) is 23.9. The van der Waals surface area contributed by atoms with Gasteiger partial charge in [0, 0.05) is 52.1 Å². The quantitative estimate of drug-likeness (QED) is 0.757. The van der Waals surface area contributed by atoms with Gasteiger partial charge in [0.05, 0.1) is 12.6 Å². The van der Waals surface area contributed by atoms with Crippen molar-refractivity contribution in [3.05, 3.63) is 18.0 Å². The van der Waals surface area contributed by atoms with Crippen molar-refractivity contribution in [1.82, 2.24) is 24.9 Å². The SMILES string of the molecule is CCCC1CN(C(=O)c2ccn(C3CCCNC3)n2)CCN1CCOC.Cl. The van der Waals surface area contributed by atoms with E-state index in [0.717, 1.165) is 71.6 Å². The number of amides is 1. The number of methoxy groups -OCH3 is 1. The summed E-state index contributed by atoms with van der Waals surface area (Å²) in [5.41, 5.74) is 0.580. The van der Waals surface area contributed by atoms with Gasteiger partial charge < -0.3 is 15.0 Å². The fourth-order valence-corrected chi connectivity index (χ4v) is 4.06. The summed E-state index contributed by atoms with van der Waals surface area (Å²) in [4.78, 5) is 17.4. The van der Waals surface area contributed by atoms with E-state index in [-0.39, 0.29) is 18.3 Å².